The smallest absolute Gasteiger partial charge is 0.344 e. The molecule has 1 saturated carbocycles. The van der Waals surface area contributed by atoms with Gasteiger partial charge < -0.3 is 15.8 Å². The molecular formula is C11H17N3O2S. The van der Waals surface area contributed by atoms with Crippen molar-refractivity contribution in [3.63, 3.8) is 0 Å². The van der Waals surface area contributed by atoms with E-state index >= 15 is 0 Å². The summed E-state index contributed by atoms with van der Waals surface area (Å²) in [5, 5.41) is 4.09. The molecule has 0 atom stereocenters. The van der Waals surface area contributed by atoms with Gasteiger partial charge in [-0.15, -0.1) is 0 Å². The van der Waals surface area contributed by atoms with E-state index in [0.29, 0.717) is 18.2 Å². The number of rotatable bonds is 4. The van der Waals surface area contributed by atoms with Crippen LogP contribution in [0.2, 0.25) is 0 Å². The molecule has 0 saturated heterocycles. The fourth-order valence-electron chi connectivity index (χ4n) is 2.06. The number of carbonyl (C=O) groups is 1. The topological polar surface area (TPSA) is 77.2 Å². The van der Waals surface area contributed by atoms with Crippen molar-refractivity contribution < 1.29 is 9.53 Å². The van der Waals surface area contributed by atoms with Crippen LogP contribution in [0, 0.1) is 0 Å². The summed E-state index contributed by atoms with van der Waals surface area (Å²) in [6.07, 6.45) is 4.75. The first-order chi connectivity index (χ1) is 8.22. The Labute approximate surface area is 105 Å². The Morgan fingerprint density at radius 3 is 2.94 bits per heavy atom. The number of ether oxygens (including phenoxy) is 1. The van der Waals surface area contributed by atoms with Crippen LogP contribution in [0.4, 0.5) is 10.8 Å². The van der Waals surface area contributed by atoms with Gasteiger partial charge in [0.25, 0.3) is 0 Å². The van der Waals surface area contributed by atoms with Gasteiger partial charge in [0.05, 0.1) is 6.61 Å². The van der Waals surface area contributed by atoms with Crippen molar-refractivity contribution in [2.45, 2.75) is 38.6 Å². The van der Waals surface area contributed by atoms with Gasteiger partial charge in [0.15, 0.2) is 5.82 Å². The Hall–Kier alpha value is -1.30. The highest BCUT2D eigenvalue weighted by Crippen LogP contribution is 2.31. The van der Waals surface area contributed by atoms with Crippen LogP contribution < -0.4 is 11.1 Å². The highest BCUT2D eigenvalue weighted by atomic mass is 32.1. The molecule has 1 heterocycles. The quantitative estimate of drug-likeness (QED) is 0.807. The van der Waals surface area contributed by atoms with Crippen molar-refractivity contribution >= 4 is 28.3 Å². The molecule has 1 aliphatic rings. The fourth-order valence-corrected chi connectivity index (χ4v) is 2.84. The highest BCUT2D eigenvalue weighted by molar-refractivity contribution is 7.11. The average molecular weight is 255 g/mol. The van der Waals surface area contributed by atoms with Gasteiger partial charge >= 0.3 is 5.97 Å². The second kappa shape index (κ2) is 5.35. The number of hydrogen-bond acceptors (Lipinski definition) is 6. The standard InChI is InChI=1S/C11H17N3O2S/c1-2-16-11(15)8-9(12)14-17-10(8)13-7-5-3-4-6-7/h7,13H,2-6H2,1H3,(H2,12,14). The molecule has 0 unspecified atom stereocenters. The first-order valence-corrected chi connectivity index (χ1v) is 6.68. The van der Waals surface area contributed by atoms with Gasteiger partial charge in [0.2, 0.25) is 0 Å². The molecule has 0 radical (unpaired) electrons. The Morgan fingerprint density at radius 2 is 2.29 bits per heavy atom. The van der Waals surface area contributed by atoms with Gasteiger partial charge in [0.1, 0.15) is 10.6 Å². The van der Waals surface area contributed by atoms with Crippen LogP contribution in [0.25, 0.3) is 0 Å². The van der Waals surface area contributed by atoms with Crippen molar-refractivity contribution in [3.05, 3.63) is 5.56 Å². The number of hydrogen-bond donors (Lipinski definition) is 2. The van der Waals surface area contributed by atoms with E-state index in [1.54, 1.807) is 6.92 Å². The van der Waals surface area contributed by atoms with Gasteiger partial charge in [-0.05, 0) is 31.3 Å². The van der Waals surface area contributed by atoms with Gasteiger partial charge in [-0.2, -0.15) is 4.37 Å². The van der Waals surface area contributed by atoms with E-state index in [1.807, 2.05) is 0 Å². The second-order valence-corrected chi connectivity index (χ2v) is 4.89. The molecule has 1 fully saturated rings. The van der Waals surface area contributed by atoms with E-state index in [0.717, 1.165) is 17.8 Å². The molecule has 6 heteroatoms. The van der Waals surface area contributed by atoms with Crippen LogP contribution in [0.5, 0.6) is 0 Å². The molecule has 0 aliphatic heterocycles. The Bertz CT molecular complexity index is 399. The monoisotopic (exact) mass is 255 g/mol. The maximum Gasteiger partial charge on any atom is 0.344 e. The summed E-state index contributed by atoms with van der Waals surface area (Å²) in [6.45, 7) is 2.12. The number of carbonyl (C=O) groups excluding carboxylic acids is 1. The summed E-state index contributed by atoms with van der Waals surface area (Å²) in [4.78, 5) is 11.7. The molecule has 1 aromatic heterocycles. The molecule has 0 spiro atoms. The van der Waals surface area contributed by atoms with Gasteiger partial charge in [-0.1, -0.05) is 12.8 Å². The molecule has 5 nitrogen and oxygen atoms in total. The third-order valence-corrected chi connectivity index (χ3v) is 3.68. The number of nitrogen functional groups attached to an aromatic ring is 1. The van der Waals surface area contributed by atoms with E-state index in [9.17, 15) is 4.79 Å². The van der Waals surface area contributed by atoms with Crippen LogP contribution in [0.1, 0.15) is 43.0 Å². The average Bonchev–Trinajstić information content (AvgIpc) is 2.90. The van der Waals surface area contributed by atoms with Gasteiger partial charge in [-0.25, -0.2) is 4.79 Å². The van der Waals surface area contributed by atoms with Gasteiger partial charge in [0, 0.05) is 6.04 Å². The molecule has 3 N–H and O–H groups in total. The first kappa shape index (κ1) is 12.2. The van der Waals surface area contributed by atoms with E-state index < -0.39 is 0 Å². The van der Waals surface area contributed by atoms with E-state index in [1.165, 1.54) is 24.4 Å². The lowest BCUT2D eigenvalue weighted by Crippen LogP contribution is -2.17. The summed E-state index contributed by atoms with van der Waals surface area (Å²) in [7, 11) is 0. The Balaban J connectivity index is 2.13. The minimum absolute atomic E-state index is 0.258. The highest BCUT2D eigenvalue weighted by Gasteiger charge is 2.23. The molecule has 2 rings (SSSR count). The van der Waals surface area contributed by atoms with E-state index in [-0.39, 0.29) is 11.8 Å². The van der Waals surface area contributed by atoms with Crippen LogP contribution in [-0.4, -0.2) is 23.0 Å². The first-order valence-electron chi connectivity index (χ1n) is 5.91. The minimum atomic E-state index is -0.390. The van der Waals surface area contributed by atoms with Crippen LogP contribution in [-0.2, 0) is 4.74 Å². The SMILES string of the molecule is CCOC(=O)c1c(N)nsc1NC1CCCC1. The lowest BCUT2D eigenvalue weighted by Gasteiger charge is -2.12. The lowest BCUT2D eigenvalue weighted by molar-refractivity contribution is 0.0529. The van der Waals surface area contributed by atoms with Crippen molar-refractivity contribution in [1.29, 1.82) is 0 Å². The van der Waals surface area contributed by atoms with Gasteiger partial charge in [-0.3, -0.25) is 0 Å². The Kier molecular flexibility index (Phi) is 3.83. The zero-order valence-corrected chi connectivity index (χ0v) is 10.7. The Morgan fingerprint density at radius 1 is 1.59 bits per heavy atom. The third-order valence-electron chi connectivity index (χ3n) is 2.89. The normalized spacial score (nSPS) is 16.1. The number of anilines is 2. The summed E-state index contributed by atoms with van der Waals surface area (Å²) < 4.78 is 9.00. The second-order valence-electron chi connectivity index (χ2n) is 4.12. The van der Waals surface area contributed by atoms with E-state index in [4.69, 9.17) is 10.5 Å². The summed E-state index contributed by atoms with van der Waals surface area (Å²) >= 11 is 1.23. The number of esters is 1. The summed E-state index contributed by atoms with van der Waals surface area (Å²) in [5.74, 6) is -0.131. The molecule has 94 valence electrons. The van der Waals surface area contributed by atoms with Crippen LogP contribution in [0.15, 0.2) is 0 Å². The number of nitrogens with two attached hydrogens (primary N) is 1. The maximum absolute atomic E-state index is 11.7. The maximum atomic E-state index is 11.7. The molecule has 0 amide bonds. The van der Waals surface area contributed by atoms with Crippen molar-refractivity contribution in [2.24, 2.45) is 0 Å². The third kappa shape index (κ3) is 2.69. The zero-order valence-electron chi connectivity index (χ0n) is 9.86. The number of nitrogens with zero attached hydrogens (tertiary/aromatic N) is 1. The molecule has 0 aromatic carbocycles. The van der Waals surface area contributed by atoms with E-state index in [2.05, 4.69) is 9.69 Å². The molecule has 17 heavy (non-hydrogen) atoms. The van der Waals surface area contributed by atoms with Crippen molar-refractivity contribution in [1.82, 2.24) is 4.37 Å². The van der Waals surface area contributed by atoms with Crippen LogP contribution in [0.3, 0.4) is 0 Å². The van der Waals surface area contributed by atoms with Crippen molar-refractivity contribution in [2.75, 3.05) is 17.7 Å². The minimum Gasteiger partial charge on any atom is -0.462 e. The molecule has 0 bridgehead atoms. The summed E-state index contributed by atoms with van der Waals surface area (Å²) in [6, 6.07) is 0.433. The predicted octanol–water partition coefficient (Wildman–Crippen LogP) is 2.26. The number of aromatic nitrogens is 1. The molecular weight excluding hydrogens is 238 g/mol. The largest absolute Gasteiger partial charge is 0.462 e. The van der Waals surface area contributed by atoms with Crippen LogP contribution >= 0.6 is 11.5 Å². The molecule has 1 aromatic rings. The molecule has 1 aliphatic carbocycles. The lowest BCUT2D eigenvalue weighted by atomic mass is 10.2. The zero-order chi connectivity index (χ0) is 12.3. The summed E-state index contributed by atoms with van der Waals surface area (Å²) in [5.41, 5.74) is 6.10. The fraction of sp³-hybridized carbons (Fsp3) is 0.636. The predicted molar refractivity (Wildman–Crippen MR) is 68.4 cm³/mol. The number of nitrogens with one attached hydrogen (secondary N) is 1. The van der Waals surface area contributed by atoms with Crippen molar-refractivity contribution in [3.8, 4) is 0 Å².